The van der Waals surface area contributed by atoms with Gasteiger partial charge in [-0.15, -0.1) is 0 Å². The third kappa shape index (κ3) is 3.48. The van der Waals surface area contributed by atoms with E-state index in [1.807, 2.05) is 0 Å². The molecule has 9 heteroatoms. The van der Waals surface area contributed by atoms with Crippen molar-refractivity contribution in [3.8, 4) is 22.4 Å². The Labute approximate surface area is 146 Å². The highest BCUT2D eigenvalue weighted by molar-refractivity contribution is 7.90. The Hall–Kier alpha value is -2.68. The molecule has 0 amide bonds. The van der Waals surface area contributed by atoms with Crippen LogP contribution in [-0.4, -0.2) is 19.8 Å². The summed E-state index contributed by atoms with van der Waals surface area (Å²) in [6.07, 6.45) is -3.79. The van der Waals surface area contributed by atoms with E-state index in [1.54, 1.807) is 0 Å². The molecular formula is C17H11F4NO3S. The van der Waals surface area contributed by atoms with Gasteiger partial charge in [-0.3, -0.25) is 0 Å². The van der Waals surface area contributed by atoms with E-state index >= 15 is 0 Å². The normalized spacial score (nSPS) is 12.3. The van der Waals surface area contributed by atoms with Gasteiger partial charge in [0.05, 0.1) is 10.5 Å². The maximum absolute atomic E-state index is 13.3. The van der Waals surface area contributed by atoms with Crippen molar-refractivity contribution in [3.63, 3.8) is 0 Å². The van der Waals surface area contributed by atoms with E-state index in [1.165, 1.54) is 36.4 Å². The van der Waals surface area contributed by atoms with Crippen LogP contribution in [0.2, 0.25) is 0 Å². The summed E-state index contributed by atoms with van der Waals surface area (Å²) in [5, 5.41) is 3.51. The zero-order valence-electron chi connectivity index (χ0n) is 13.2. The molecule has 4 nitrogen and oxygen atoms in total. The molecule has 0 atom stereocenters. The summed E-state index contributed by atoms with van der Waals surface area (Å²) in [6, 6.07) is 9.62. The lowest BCUT2D eigenvalue weighted by Crippen LogP contribution is -2.05. The Morgan fingerprint density at radius 2 is 1.46 bits per heavy atom. The molecule has 0 radical (unpaired) electrons. The molecule has 1 aromatic heterocycles. The molecule has 0 fully saturated rings. The Balaban J connectivity index is 2.19. The molecular weight excluding hydrogens is 373 g/mol. The average molecular weight is 384 g/mol. The number of hydrogen-bond acceptors (Lipinski definition) is 4. The first-order valence-corrected chi connectivity index (χ1v) is 9.10. The summed E-state index contributed by atoms with van der Waals surface area (Å²) in [7, 11) is -3.45. The lowest BCUT2D eigenvalue weighted by Gasteiger charge is -2.07. The van der Waals surface area contributed by atoms with Gasteiger partial charge in [0, 0.05) is 11.8 Å². The summed E-state index contributed by atoms with van der Waals surface area (Å²) >= 11 is 0. The maximum Gasteiger partial charge on any atom is 0.453 e. The molecule has 26 heavy (non-hydrogen) atoms. The zero-order chi connectivity index (χ0) is 19.1. The first-order valence-electron chi connectivity index (χ1n) is 7.20. The smallest absolute Gasteiger partial charge is 0.350 e. The quantitative estimate of drug-likeness (QED) is 0.621. The van der Waals surface area contributed by atoms with Crippen LogP contribution in [0.25, 0.3) is 22.4 Å². The molecule has 0 spiro atoms. The minimum Gasteiger partial charge on any atom is -0.350 e. The molecule has 0 unspecified atom stereocenters. The van der Waals surface area contributed by atoms with Gasteiger partial charge in [-0.2, -0.15) is 13.2 Å². The van der Waals surface area contributed by atoms with E-state index < -0.39 is 27.6 Å². The van der Waals surface area contributed by atoms with Crippen molar-refractivity contribution in [3.05, 3.63) is 60.1 Å². The fourth-order valence-corrected chi connectivity index (χ4v) is 3.06. The van der Waals surface area contributed by atoms with E-state index in [2.05, 4.69) is 9.68 Å². The van der Waals surface area contributed by atoms with Crippen LogP contribution in [0.15, 0.2) is 57.9 Å². The predicted molar refractivity (Wildman–Crippen MR) is 85.4 cm³/mol. The molecule has 3 rings (SSSR count). The fourth-order valence-electron chi connectivity index (χ4n) is 2.43. The second-order valence-corrected chi connectivity index (χ2v) is 7.55. The molecule has 0 aliphatic rings. The largest absolute Gasteiger partial charge is 0.453 e. The Bertz CT molecular complexity index is 1040. The van der Waals surface area contributed by atoms with E-state index in [-0.39, 0.29) is 27.3 Å². The van der Waals surface area contributed by atoms with Crippen molar-refractivity contribution in [2.75, 3.05) is 6.26 Å². The van der Waals surface area contributed by atoms with Crippen LogP contribution in [0.3, 0.4) is 0 Å². The lowest BCUT2D eigenvalue weighted by molar-refractivity contribution is -0.154. The molecule has 1 heterocycles. The molecule has 0 saturated heterocycles. The summed E-state index contributed by atoms with van der Waals surface area (Å²) < 4.78 is 80.5. The van der Waals surface area contributed by atoms with Crippen LogP contribution in [0, 0.1) is 5.82 Å². The predicted octanol–water partition coefficient (Wildman–Crippen LogP) is 4.57. The average Bonchev–Trinajstić information content (AvgIpc) is 3.00. The Morgan fingerprint density at radius 1 is 0.923 bits per heavy atom. The Morgan fingerprint density at radius 3 is 1.96 bits per heavy atom. The van der Waals surface area contributed by atoms with Crippen LogP contribution < -0.4 is 0 Å². The van der Waals surface area contributed by atoms with Crippen LogP contribution in [-0.2, 0) is 16.0 Å². The molecule has 0 aliphatic carbocycles. The van der Waals surface area contributed by atoms with Crippen molar-refractivity contribution in [1.82, 2.24) is 5.16 Å². The van der Waals surface area contributed by atoms with Gasteiger partial charge in [-0.1, -0.05) is 29.4 Å². The highest BCUT2D eigenvalue weighted by atomic mass is 32.2. The van der Waals surface area contributed by atoms with Crippen molar-refractivity contribution in [2.45, 2.75) is 11.1 Å². The number of benzene rings is 2. The topological polar surface area (TPSA) is 60.2 Å². The molecule has 2 aromatic carbocycles. The van der Waals surface area contributed by atoms with Crippen LogP contribution in [0.5, 0.6) is 0 Å². The SMILES string of the molecule is CS(=O)(=O)c1ccc(-c2noc(C(F)(F)F)c2-c2ccc([18F])cc2)cc1. The van der Waals surface area contributed by atoms with E-state index in [0.717, 1.165) is 18.4 Å². The number of hydrogen-bond donors (Lipinski definition) is 0. The zero-order valence-corrected chi connectivity index (χ0v) is 14.0. The maximum atomic E-state index is 13.3. The summed E-state index contributed by atoms with van der Waals surface area (Å²) in [6.45, 7) is 0. The molecule has 136 valence electrons. The van der Waals surface area contributed by atoms with E-state index in [0.29, 0.717) is 0 Å². The van der Waals surface area contributed by atoms with Crippen LogP contribution >= 0.6 is 0 Å². The second kappa shape index (κ2) is 6.24. The van der Waals surface area contributed by atoms with Crippen LogP contribution in [0.4, 0.5) is 17.6 Å². The van der Waals surface area contributed by atoms with Gasteiger partial charge in [0.1, 0.15) is 11.5 Å². The second-order valence-electron chi connectivity index (χ2n) is 5.54. The van der Waals surface area contributed by atoms with Crippen molar-refractivity contribution in [1.29, 1.82) is 0 Å². The van der Waals surface area contributed by atoms with E-state index in [4.69, 9.17) is 0 Å². The third-order valence-electron chi connectivity index (χ3n) is 3.64. The molecule has 0 aliphatic heterocycles. The van der Waals surface area contributed by atoms with Gasteiger partial charge in [0.2, 0.25) is 5.76 Å². The highest BCUT2D eigenvalue weighted by Gasteiger charge is 2.41. The number of rotatable bonds is 3. The Kier molecular flexibility index (Phi) is 4.35. The third-order valence-corrected chi connectivity index (χ3v) is 4.77. The summed E-state index contributed by atoms with van der Waals surface area (Å²) in [4.78, 5) is 0.0177. The van der Waals surface area contributed by atoms with Crippen molar-refractivity contribution < 1.29 is 30.5 Å². The standard InChI is InChI=1S/C17H11F4NO3S/c1-26(23,24)13-8-4-11(5-9-13)15-14(10-2-6-12(18)7-3-10)16(25-22-15)17(19,20)21/h2-9H,1H3/i18-1. The van der Waals surface area contributed by atoms with Gasteiger partial charge in [0.15, 0.2) is 9.84 Å². The monoisotopic (exact) mass is 384 g/mol. The summed E-state index contributed by atoms with van der Waals surface area (Å²) in [5.74, 6) is -1.91. The molecule has 3 aromatic rings. The number of sulfone groups is 1. The van der Waals surface area contributed by atoms with Gasteiger partial charge < -0.3 is 4.52 Å². The van der Waals surface area contributed by atoms with Crippen LogP contribution in [0.1, 0.15) is 5.76 Å². The minimum atomic E-state index is -4.80. The minimum absolute atomic E-state index is 0.0177. The van der Waals surface area contributed by atoms with E-state index in [9.17, 15) is 26.0 Å². The number of alkyl halides is 3. The van der Waals surface area contributed by atoms with Crippen molar-refractivity contribution >= 4 is 9.84 Å². The van der Waals surface area contributed by atoms with Gasteiger partial charge >= 0.3 is 6.18 Å². The number of halogens is 4. The van der Waals surface area contributed by atoms with Crippen molar-refractivity contribution in [2.24, 2.45) is 0 Å². The number of aromatic nitrogens is 1. The van der Waals surface area contributed by atoms with Gasteiger partial charge in [-0.25, -0.2) is 12.8 Å². The lowest BCUT2D eigenvalue weighted by atomic mass is 9.99. The number of nitrogens with zero attached hydrogens (tertiary/aromatic N) is 1. The first kappa shape index (κ1) is 18.1. The van der Waals surface area contributed by atoms with Gasteiger partial charge in [0.25, 0.3) is 0 Å². The van der Waals surface area contributed by atoms with Gasteiger partial charge in [-0.05, 0) is 29.8 Å². The highest BCUT2D eigenvalue weighted by Crippen LogP contribution is 2.42. The summed E-state index contributed by atoms with van der Waals surface area (Å²) in [5.41, 5.74) is -0.160. The fraction of sp³-hybridized carbons (Fsp3) is 0.118. The molecule has 0 saturated carbocycles. The molecule has 0 N–H and O–H groups in total. The molecule has 0 bridgehead atoms. The first-order chi connectivity index (χ1) is 12.1.